The van der Waals surface area contributed by atoms with Gasteiger partial charge in [0.05, 0.1) is 19.4 Å². The molecular formula is C27H23Cl2N3O5. The van der Waals surface area contributed by atoms with Crippen LogP contribution in [0.4, 0.5) is 16.2 Å². The Morgan fingerprint density at radius 1 is 0.973 bits per heavy atom. The molecule has 3 N–H and O–H groups in total. The van der Waals surface area contributed by atoms with Gasteiger partial charge in [-0.3, -0.25) is 4.57 Å². The summed E-state index contributed by atoms with van der Waals surface area (Å²) in [5.41, 5.74) is 2.53. The highest BCUT2D eigenvalue weighted by atomic mass is 35.5. The highest BCUT2D eigenvalue weighted by Gasteiger charge is 2.24. The van der Waals surface area contributed by atoms with Crippen molar-refractivity contribution < 1.29 is 24.2 Å². The number of benzene rings is 3. The molecule has 0 aliphatic heterocycles. The predicted octanol–water partition coefficient (Wildman–Crippen LogP) is 6.99. The summed E-state index contributed by atoms with van der Waals surface area (Å²) in [5.74, 6) is -0.297. The van der Waals surface area contributed by atoms with E-state index in [0.29, 0.717) is 27.7 Å². The van der Waals surface area contributed by atoms with Crippen LogP contribution < -0.4 is 15.4 Å². The van der Waals surface area contributed by atoms with Crippen molar-refractivity contribution in [1.82, 2.24) is 4.57 Å². The number of aromatic nitrogens is 1. The number of rotatable bonds is 7. The van der Waals surface area contributed by atoms with Crippen LogP contribution in [0.3, 0.4) is 0 Å². The van der Waals surface area contributed by atoms with Gasteiger partial charge < -0.3 is 25.2 Å². The van der Waals surface area contributed by atoms with Gasteiger partial charge in [0, 0.05) is 28.0 Å². The summed E-state index contributed by atoms with van der Waals surface area (Å²) in [5, 5.41) is 16.5. The SMILES string of the molecule is CCOC(=O)c1c(NC(=O)Nc2cccc(Cl)c2)cc(Cl)n1-c1ccc(-c2cccc(OC)c2O)cc1. The summed E-state index contributed by atoms with van der Waals surface area (Å²) in [6.07, 6.45) is 0. The van der Waals surface area contributed by atoms with Crippen LogP contribution in [0.2, 0.25) is 10.2 Å². The summed E-state index contributed by atoms with van der Waals surface area (Å²) >= 11 is 12.5. The molecule has 4 aromatic rings. The van der Waals surface area contributed by atoms with Gasteiger partial charge in [-0.2, -0.15) is 0 Å². The summed E-state index contributed by atoms with van der Waals surface area (Å²) in [7, 11) is 1.48. The molecule has 3 aromatic carbocycles. The Hall–Kier alpha value is -4.14. The minimum absolute atomic E-state index is 0.0150. The maximum Gasteiger partial charge on any atom is 0.357 e. The Balaban J connectivity index is 1.68. The fourth-order valence-electron chi connectivity index (χ4n) is 3.79. The fraction of sp³-hybridized carbons (Fsp3) is 0.111. The van der Waals surface area contributed by atoms with E-state index in [9.17, 15) is 14.7 Å². The number of esters is 1. The number of ether oxygens (including phenoxy) is 2. The van der Waals surface area contributed by atoms with Crippen molar-refractivity contribution in [3.05, 3.63) is 88.7 Å². The number of carbonyl (C=O) groups excluding carboxylic acids is 2. The predicted molar refractivity (Wildman–Crippen MR) is 144 cm³/mol. The number of nitrogens with one attached hydrogen (secondary N) is 2. The molecule has 0 atom stereocenters. The van der Waals surface area contributed by atoms with Crippen molar-refractivity contribution in [3.63, 3.8) is 0 Å². The maximum atomic E-state index is 12.9. The molecule has 0 spiro atoms. The molecule has 0 unspecified atom stereocenters. The molecule has 37 heavy (non-hydrogen) atoms. The molecule has 2 amide bonds. The Bertz CT molecular complexity index is 1450. The topological polar surface area (TPSA) is 102 Å². The molecule has 0 saturated heterocycles. The van der Waals surface area contributed by atoms with Crippen LogP contribution in [0, 0.1) is 0 Å². The second-order valence-corrected chi connectivity index (χ2v) is 8.60. The van der Waals surface area contributed by atoms with Gasteiger partial charge >= 0.3 is 12.0 Å². The average Bonchev–Trinajstić information content (AvgIpc) is 3.19. The first kappa shape index (κ1) is 25.9. The Kier molecular flexibility index (Phi) is 7.91. The van der Waals surface area contributed by atoms with Crippen LogP contribution in [-0.2, 0) is 4.74 Å². The lowest BCUT2D eigenvalue weighted by atomic mass is 10.0. The van der Waals surface area contributed by atoms with Gasteiger partial charge in [0.1, 0.15) is 5.15 Å². The second-order valence-electron chi connectivity index (χ2n) is 7.78. The van der Waals surface area contributed by atoms with Crippen LogP contribution in [0.15, 0.2) is 72.8 Å². The number of hydrogen-bond acceptors (Lipinski definition) is 5. The van der Waals surface area contributed by atoms with Crippen LogP contribution in [-0.4, -0.2) is 35.4 Å². The van der Waals surface area contributed by atoms with E-state index in [1.165, 1.54) is 17.7 Å². The quantitative estimate of drug-likeness (QED) is 0.220. The Morgan fingerprint density at radius 2 is 1.70 bits per heavy atom. The monoisotopic (exact) mass is 539 g/mol. The molecule has 0 bridgehead atoms. The lowest BCUT2D eigenvalue weighted by Gasteiger charge is -2.14. The van der Waals surface area contributed by atoms with Gasteiger partial charge in [-0.1, -0.05) is 53.5 Å². The van der Waals surface area contributed by atoms with Crippen molar-refractivity contribution in [1.29, 1.82) is 0 Å². The molecule has 8 nitrogen and oxygen atoms in total. The largest absolute Gasteiger partial charge is 0.504 e. The minimum Gasteiger partial charge on any atom is -0.504 e. The molecule has 0 aliphatic rings. The molecule has 190 valence electrons. The first-order valence-electron chi connectivity index (χ1n) is 11.2. The molecule has 0 saturated carbocycles. The van der Waals surface area contributed by atoms with E-state index in [2.05, 4.69) is 10.6 Å². The first-order valence-corrected chi connectivity index (χ1v) is 12.0. The Morgan fingerprint density at radius 3 is 2.38 bits per heavy atom. The van der Waals surface area contributed by atoms with Crippen molar-refractivity contribution in [2.24, 2.45) is 0 Å². The number of phenols is 1. The van der Waals surface area contributed by atoms with Gasteiger partial charge in [0.25, 0.3) is 0 Å². The maximum absolute atomic E-state index is 12.9. The van der Waals surface area contributed by atoms with E-state index in [1.54, 1.807) is 73.7 Å². The van der Waals surface area contributed by atoms with Gasteiger partial charge in [-0.15, -0.1) is 0 Å². The third kappa shape index (κ3) is 5.66. The van der Waals surface area contributed by atoms with Gasteiger partial charge in [0.15, 0.2) is 17.2 Å². The van der Waals surface area contributed by atoms with Gasteiger partial charge in [-0.05, 0) is 48.9 Å². The molecule has 4 rings (SSSR count). The Labute approximate surface area is 223 Å². The number of methoxy groups -OCH3 is 1. The molecule has 0 aliphatic carbocycles. The first-order chi connectivity index (χ1) is 17.8. The lowest BCUT2D eigenvalue weighted by molar-refractivity contribution is 0.0518. The fourth-order valence-corrected chi connectivity index (χ4v) is 4.27. The van der Waals surface area contributed by atoms with E-state index < -0.39 is 12.0 Å². The van der Waals surface area contributed by atoms with E-state index in [1.807, 2.05) is 0 Å². The van der Waals surface area contributed by atoms with Crippen LogP contribution in [0.25, 0.3) is 16.8 Å². The second kappa shape index (κ2) is 11.3. The van der Waals surface area contributed by atoms with Crippen molar-refractivity contribution in [2.45, 2.75) is 6.92 Å². The highest BCUT2D eigenvalue weighted by Crippen LogP contribution is 2.37. The summed E-state index contributed by atoms with van der Waals surface area (Å²) in [4.78, 5) is 25.6. The number of carbonyl (C=O) groups is 2. The number of phenolic OH excluding ortho intramolecular Hbond substituents is 1. The number of hydrogen-bond donors (Lipinski definition) is 3. The van der Waals surface area contributed by atoms with Crippen molar-refractivity contribution >= 4 is 46.6 Å². The van der Waals surface area contributed by atoms with E-state index >= 15 is 0 Å². The summed E-state index contributed by atoms with van der Waals surface area (Å²) < 4.78 is 11.9. The minimum atomic E-state index is -0.665. The molecule has 0 fully saturated rings. The van der Waals surface area contributed by atoms with E-state index in [4.69, 9.17) is 32.7 Å². The number of nitrogens with zero attached hydrogens (tertiary/aromatic N) is 1. The molecule has 1 aromatic heterocycles. The number of aromatic hydroxyl groups is 1. The van der Waals surface area contributed by atoms with Gasteiger partial charge in [-0.25, -0.2) is 9.59 Å². The number of para-hydroxylation sites is 1. The van der Waals surface area contributed by atoms with Crippen molar-refractivity contribution in [2.75, 3.05) is 24.4 Å². The zero-order valence-electron chi connectivity index (χ0n) is 19.9. The zero-order chi connectivity index (χ0) is 26.5. The van der Waals surface area contributed by atoms with Crippen LogP contribution in [0.5, 0.6) is 11.5 Å². The van der Waals surface area contributed by atoms with Crippen LogP contribution in [0.1, 0.15) is 17.4 Å². The van der Waals surface area contributed by atoms with E-state index in [-0.39, 0.29) is 28.9 Å². The number of amides is 2. The smallest absolute Gasteiger partial charge is 0.357 e. The summed E-state index contributed by atoms with van der Waals surface area (Å²) in [6, 6.07) is 19.7. The third-order valence-corrected chi connectivity index (χ3v) is 5.92. The number of urea groups is 1. The number of anilines is 2. The van der Waals surface area contributed by atoms with E-state index in [0.717, 1.165) is 5.56 Å². The van der Waals surface area contributed by atoms with Gasteiger partial charge in [0.2, 0.25) is 0 Å². The highest BCUT2D eigenvalue weighted by molar-refractivity contribution is 6.31. The molecule has 10 heteroatoms. The molecular weight excluding hydrogens is 517 g/mol. The normalized spacial score (nSPS) is 10.6. The zero-order valence-corrected chi connectivity index (χ0v) is 21.4. The average molecular weight is 540 g/mol. The molecule has 1 heterocycles. The molecule has 0 radical (unpaired) electrons. The summed E-state index contributed by atoms with van der Waals surface area (Å²) in [6.45, 7) is 1.81. The lowest BCUT2D eigenvalue weighted by Crippen LogP contribution is -2.21. The van der Waals surface area contributed by atoms with Crippen LogP contribution >= 0.6 is 23.2 Å². The van der Waals surface area contributed by atoms with Crippen molar-refractivity contribution in [3.8, 4) is 28.3 Å². The third-order valence-electron chi connectivity index (χ3n) is 5.41. The number of halogens is 2. The standard InChI is InChI=1S/C27H23Cl2N3O5/c1-3-37-26(34)24-21(31-27(35)30-18-7-4-6-17(28)14-18)15-23(29)32(24)19-12-10-16(11-13-19)20-8-5-9-22(36-2)25(20)33/h4-15,33H,3H2,1-2H3,(H2,30,31,35).